The molecule has 0 saturated carbocycles. The van der Waals surface area contributed by atoms with Crippen LogP contribution in [0, 0.1) is 6.92 Å². The number of urea groups is 1. The fourth-order valence-electron chi connectivity index (χ4n) is 1.37. The largest absolute Gasteiger partial charge is 0.480 e. The number of carboxylic acids is 1. The zero-order valence-electron chi connectivity index (χ0n) is 10.6. The molecule has 18 heavy (non-hydrogen) atoms. The van der Waals surface area contributed by atoms with E-state index in [1.807, 2.05) is 20.8 Å². The van der Waals surface area contributed by atoms with Gasteiger partial charge in [0.15, 0.2) is 5.13 Å². The van der Waals surface area contributed by atoms with Crippen molar-refractivity contribution in [3.63, 3.8) is 0 Å². The third-order valence-electron chi connectivity index (χ3n) is 2.52. The normalized spacial score (nSPS) is 11.9. The highest BCUT2D eigenvalue weighted by Crippen LogP contribution is 2.17. The number of rotatable bonds is 5. The first kappa shape index (κ1) is 14.4. The van der Waals surface area contributed by atoms with Gasteiger partial charge in [-0.1, -0.05) is 6.92 Å². The summed E-state index contributed by atoms with van der Waals surface area (Å²) in [7, 11) is 0. The molecule has 1 rings (SSSR count). The van der Waals surface area contributed by atoms with Gasteiger partial charge in [-0.05, 0) is 20.3 Å². The number of hydrogen-bond donors (Lipinski definition) is 2. The number of nitrogens with zero attached hydrogens (tertiary/aromatic N) is 2. The van der Waals surface area contributed by atoms with Gasteiger partial charge in [0.1, 0.15) is 6.54 Å². The monoisotopic (exact) mass is 271 g/mol. The summed E-state index contributed by atoms with van der Waals surface area (Å²) in [5, 5.41) is 11.9. The molecule has 0 aliphatic carbocycles. The van der Waals surface area contributed by atoms with E-state index in [4.69, 9.17) is 5.11 Å². The topological polar surface area (TPSA) is 82.5 Å². The molecule has 0 fully saturated rings. The van der Waals surface area contributed by atoms with Gasteiger partial charge in [0.25, 0.3) is 0 Å². The lowest BCUT2D eigenvalue weighted by Gasteiger charge is -2.26. The number of thiazole rings is 1. The predicted octanol–water partition coefficient (Wildman–Crippen LogP) is 2.17. The van der Waals surface area contributed by atoms with Gasteiger partial charge in [-0.3, -0.25) is 10.1 Å². The van der Waals surface area contributed by atoms with Gasteiger partial charge in [0.05, 0.1) is 0 Å². The Balaban J connectivity index is 2.72. The summed E-state index contributed by atoms with van der Waals surface area (Å²) < 4.78 is 0. The second kappa shape index (κ2) is 6.34. The highest BCUT2D eigenvalue weighted by atomic mass is 32.1. The van der Waals surface area contributed by atoms with Gasteiger partial charge < -0.3 is 10.0 Å². The van der Waals surface area contributed by atoms with Crippen LogP contribution in [0.5, 0.6) is 0 Å². The molecule has 100 valence electrons. The van der Waals surface area contributed by atoms with Gasteiger partial charge >= 0.3 is 12.0 Å². The van der Waals surface area contributed by atoms with Crippen LogP contribution in [0.1, 0.15) is 25.1 Å². The van der Waals surface area contributed by atoms with Crippen molar-refractivity contribution in [2.75, 3.05) is 11.9 Å². The zero-order chi connectivity index (χ0) is 13.7. The van der Waals surface area contributed by atoms with Crippen LogP contribution in [0.3, 0.4) is 0 Å². The summed E-state index contributed by atoms with van der Waals surface area (Å²) in [5.74, 6) is -1.03. The van der Waals surface area contributed by atoms with E-state index in [-0.39, 0.29) is 12.6 Å². The summed E-state index contributed by atoms with van der Waals surface area (Å²) in [4.78, 5) is 29.0. The number of carbonyl (C=O) groups excluding carboxylic acids is 1. The smallest absolute Gasteiger partial charge is 0.324 e. The molecule has 0 bridgehead atoms. The van der Waals surface area contributed by atoms with Gasteiger partial charge in [0, 0.05) is 17.1 Å². The first-order valence-corrected chi connectivity index (χ1v) is 6.47. The lowest BCUT2D eigenvalue weighted by atomic mass is 10.2. The van der Waals surface area contributed by atoms with Crippen LogP contribution in [0.15, 0.2) is 6.20 Å². The molecule has 0 spiro atoms. The van der Waals surface area contributed by atoms with Gasteiger partial charge in [-0.2, -0.15) is 0 Å². The number of carbonyl (C=O) groups is 2. The molecule has 7 heteroatoms. The van der Waals surface area contributed by atoms with Crippen LogP contribution >= 0.6 is 11.3 Å². The molecule has 0 aliphatic rings. The number of anilines is 1. The van der Waals surface area contributed by atoms with Crippen LogP contribution in [0.2, 0.25) is 0 Å². The number of hydrogen-bond acceptors (Lipinski definition) is 4. The first-order chi connectivity index (χ1) is 8.43. The first-order valence-electron chi connectivity index (χ1n) is 5.65. The molecule has 2 amide bonds. The molecule has 1 aromatic rings. The van der Waals surface area contributed by atoms with Gasteiger partial charge in [0.2, 0.25) is 0 Å². The Bertz CT molecular complexity index is 433. The molecule has 0 aliphatic heterocycles. The quantitative estimate of drug-likeness (QED) is 0.859. The molecule has 6 nitrogen and oxygen atoms in total. The summed E-state index contributed by atoms with van der Waals surface area (Å²) in [6.45, 7) is 5.29. The van der Waals surface area contributed by atoms with Crippen molar-refractivity contribution in [3.8, 4) is 0 Å². The second-order valence-electron chi connectivity index (χ2n) is 3.99. The van der Waals surface area contributed by atoms with Crippen molar-refractivity contribution in [1.82, 2.24) is 9.88 Å². The number of aliphatic carboxylic acids is 1. The lowest BCUT2D eigenvalue weighted by Crippen LogP contribution is -2.44. The number of carboxylic acid groups (broad SMARTS) is 1. The Labute approximate surface area is 110 Å². The van der Waals surface area contributed by atoms with Crippen LogP contribution < -0.4 is 5.32 Å². The summed E-state index contributed by atoms with van der Waals surface area (Å²) >= 11 is 1.35. The van der Waals surface area contributed by atoms with Crippen molar-refractivity contribution in [3.05, 3.63) is 11.1 Å². The molecule has 1 aromatic heterocycles. The molecule has 0 saturated heterocycles. The summed E-state index contributed by atoms with van der Waals surface area (Å²) in [6, 6.07) is -0.566. The van der Waals surface area contributed by atoms with Gasteiger partial charge in [-0.15, -0.1) is 11.3 Å². The molecule has 1 heterocycles. The lowest BCUT2D eigenvalue weighted by molar-refractivity contribution is -0.138. The Morgan fingerprint density at radius 2 is 2.28 bits per heavy atom. The summed E-state index contributed by atoms with van der Waals surface area (Å²) in [6.07, 6.45) is 2.35. The van der Waals surface area contributed by atoms with Crippen LogP contribution in [0.4, 0.5) is 9.93 Å². The average molecular weight is 271 g/mol. The van der Waals surface area contributed by atoms with E-state index in [0.717, 1.165) is 4.88 Å². The molecular weight excluding hydrogens is 254 g/mol. The van der Waals surface area contributed by atoms with E-state index in [0.29, 0.717) is 11.6 Å². The van der Waals surface area contributed by atoms with E-state index in [2.05, 4.69) is 10.3 Å². The molecule has 1 atom stereocenters. The predicted molar refractivity (Wildman–Crippen MR) is 70.0 cm³/mol. The van der Waals surface area contributed by atoms with Crippen LogP contribution in [-0.4, -0.2) is 39.6 Å². The zero-order valence-corrected chi connectivity index (χ0v) is 11.5. The highest BCUT2D eigenvalue weighted by Gasteiger charge is 2.22. The molecule has 0 aromatic carbocycles. The van der Waals surface area contributed by atoms with E-state index in [9.17, 15) is 9.59 Å². The van der Waals surface area contributed by atoms with Crippen molar-refractivity contribution in [1.29, 1.82) is 0 Å². The molecular formula is C11H17N3O3S. The average Bonchev–Trinajstić information content (AvgIpc) is 2.70. The van der Waals surface area contributed by atoms with Gasteiger partial charge in [-0.25, -0.2) is 9.78 Å². The van der Waals surface area contributed by atoms with E-state index >= 15 is 0 Å². The molecule has 2 N–H and O–H groups in total. The maximum Gasteiger partial charge on any atom is 0.324 e. The fourth-order valence-corrected chi connectivity index (χ4v) is 2.02. The van der Waals surface area contributed by atoms with Crippen molar-refractivity contribution < 1.29 is 14.7 Å². The Morgan fingerprint density at radius 3 is 2.72 bits per heavy atom. The van der Waals surface area contributed by atoms with E-state index in [1.54, 1.807) is 6.20 Å². The highest BCUT2D eigenvalue weighted by molar-refractivity contribution is 7.15. The minimum absolute atomic E-state index is 0.137. The fraction of sp³-hybridized carbons (Fsp3) is 0.545. The third kappa shape index (κ3) is 3.99. The van der Waals surface area contributed by atoms with E-state index < -0.39 is 12.0 Å². The maximum absolute atomic E-state index is 12.0. The summed E-state index contributed by atoms with van der Waals surface area (Å²) in [5.41, 5.74) is 0. The number of amides is 2. The molecule has 1 unspecified atom stereocenters. The second-order valence-corrected chi connectivity index (χ2v) is 5.22. The minimum atomic E-state index is -1.03. The van der Waals surface area contributed by atoms with Crippen molar-refractivity contribution in [2.24, 2.45) is 0 Å². The maximum atomic E-state index is 12.0. The number of nitrogens with one attached hydrogen (secondary N) is 1. The van der Waals surface area contributed by atoms with Crippen LogP contribution in [-0.2, 0) is 4.79 Å². The van der Waals surface area contributed by atoms with Crippen LogP contribution in [0.25, 0.3) is 0 Å². The van der Waals surface area contributed by atoms with Crippen molar-refractivity contribution >= 4 is 28.5 Å². The Hall–Kier alpha value is -1.63. The number of aromatic nitrogens is 1. The van der Waals surface area contributed by atoms with E-state index in [1.165, 1.54) is 16.2 Å². The SMILES string of the molecule is CCC(C)N(CC(=O)O)C(=O)Nc1ncc(C)s1. The minimum Gasteiger partial charge on any atom is -0.480 e. The third-order valence-corrected chi connectivity index (χ3v) is 3.35. The van der Waals surface area contributed by atoms with Crippen molar-refractivity contribution in [2.45, 2.75) is 33.2 Å². The standard InChI is InChI=1S/C11H17N3O3S/c1-4-7(2)14(6-9(15)16)11(17)13-10-12-5-8(3)18-10/h5,7H,4,6H2,1-3H3,(H,15,16)(H,12,13,17). The number of aryl methyl sites for hydroxylation is 1. The molecule has 0 radical (unpaired) electrons. The Morgan fingerprint density at radius 1 is 1.61 bits per heavy atom. The Kier molecular flexibility index (Phi) is 5.08.